The first-order chi connectivity index (χ1) is 7.63. The summed E-state index contributed by atoms with van der Waals surface area (Å²) >= 11 is 5.89. The number of hydrogen-bond donors (Lipinski definition) is 1. The van der Waals surface area contributed by atoms with Gasteiger partial charge in [-0.15, -0.1) is 0 Å². The fraction of sp³-hybridized carbons (Fsp3) is 0.250. The van der Waals surface area contributed by atoms with Crippen LogP contribution in [0.2, 0.25) is 5.02 Å². The van der Waals surface area contributed by atoms with Crippen molar-refractivity contribution in [2.45, 2.75) is 19.8 Å². The van der Waals surface area contributed by atoms with Crippen molar-refractivity contribution in [3.8, 4) is 0 Å². The first-order valence-corrected chi connectivity index (χ1v) is 5.45. The van der Waals surface area contributed by atoms with Crippen LogP contribution in [0.1, 0.15) is 29.5 Å². The molecule has 0 fully saturated rings. The summed E-state index contributed by atoms with van der Waals surface area (Å²) in [5.41, 5.74) is 1.30. The van der Waals surface area contributed by atoms with E-state index in [1.807, 2.05) is 6.92 Å². The fourth-order valence-electron chi connectivity index (χ4n) is 1.79. The number of aryl methyl sites for hydroxylation is 1. The van der Waals surface area contributed by atoms with E-state index in [0.29, 0.717) is 17.0 Å². The Balaban J connectivity index is 2.71. The fourth-order valence-corrected chi connectivity index (χ4v) is 1.96. The van der Waals surface area contributed by atoms with E-state index in [1.54, 1.807) is 18.2 Å². The van der Waals surface area contributed by atoms with Gasteiger partial charge in [0.05, 0.1) is 0 Å². The van der Waals surface area contributed by atoms with Gasteiger partial charge in [0.15, 0.2) is 0 Å². The van der Waals surface area contributed by atoms with Crippen molar-refractivity contribution in [2.75, 3.05) is 0 Å². The molecule has 0 bridgehead atoms. The molecule has 2 aromatic rings. The maximum absolute atomic E-state index is 11.0. The molecule has 4 heteroatoms. The van der Waals surface area contributed by atoms with Crippen molar-refractivity contribution < 1.29 is 14.3 Å². The third kappa shape index (κ3) is 1.78. The van der Waals surface area contributed by atoms with Crippen LogP contribution in [-0.2, 0) is 6.42 Å². The van der Waals surface area contributed by atoms with Crippen LogP contribution in [-0.4, -0.2) is 11.1 Å². The van der Waals surface area contributed by atoms with Crippen LogP contribution in [0, 0.1) is 0 Å². The lowest BCUT2D eigenvalue weighted by Crippen LogP contribution is -1.98. The third-order valence-electron chi connectivity index (χ3n) is 2.45. The van der Waals surface area contributed by atoms with Gasteiger partial charge in [-0.25, -0.2) is 4.79 Å². The SMILES string of the molecule is CCCc1c(C(=O)O)oc2ccc(Cl)cc12. The molecule has 0 radical (unpaired) electrons. The second-order valence-corrected chi connectivity index (χ2v) is 4.04. The minimum atomic E-state index is -1.03. The number of aromatic carboxylic acids is 1. The number of carboxylic acid groups (broad SMARTS) is 1. The minimum absolute atomic E-state index is 0.0270. The van der Waals surface area contributed by atoms with Gasteiger partial charge < -0.3 is 9.52 Å². The van der Waals surface area contributed by atoms with Gasteiger partial charge in [-0.3, -0.25) is 0 Å². The lowest BCUT2D eigenvalue weighted by Gasteiger charge is -1.96. The molecule has 1 N–H and O–H groups in total. The average molecular weight is 239 g/mol. The summed E-state index contributed by atoms with van der Waals surface area (Å²) in [6.45, 7) is 2.00. The summed E-state index contributed by atoms with van der Waals surface area (Å²) in [4.78, 5) is 11.0. The summed E-state index contributed by atoms with van der Waals surface area (Å²) in [5.74, 6) is -1.00. The quantitative estimate of drug-likeness (QED) is 0.886. The summed E-state index contributed by atoms with van der Waals surface area (Å²) in [7, 11) is 0. The van der Waals surface area contributed by atoms with Gasteiger partial charge in [0.2, 0.25) is 5.76 Å². The van der Waals surface area contributed by atoms with Crippen LogP contribution in [0.5, 0.6) is 0 Å². The lowest BCUT2D eigenvalue weighted by atomic mass is 10.1. The van der Waals surface area contributed by atoms with Gasteiger partial charge in [0, 0.05) is 16.0 Å². The number of halogens is 1. The predicted molar refractivity (Wildman–Crippen MR) is 62.2 cm³/mol. The second-order valence-electron chi connectivity index (χ2n) is 3.61. The molecule has 0 aliphatic carbocycles. The Kier molecular flexibility index (Phi) is 2.88. The molecule has 84 valence electrons. The Morgan fingerprint density at radius 3 is 2.88 bits per heavy atom. The van der Waals surface area contributed by atoms with Crippen LogP contribution in [0.3, 0.4) is 0 Å². The van der Waals surface area contributed by atoms with E-state index in [0.717, 1.165) is 17.4 Å². The molecule has 2 rings (SSSR count). The van der Waals surface area contributed by atoms with E-state index < -0.39 is 5.97 Å². The maximum atomic E-state index is 11.0. The molecule has 0 saturated carbocycles. The monoisotopic (exact) mass is 238 g/mol. The van der Waals surface area contributed by atoms with Crippen LogP contribution >= 0.6 is 11.6 Å². The van der Waals surface area contributed by atoms with Crippen LogP contribution < -0.4 is 0 Å². The minimum Gasteiger partial charge on any atom is -0.475 e. The van der Waals surface area contributed by atoms with Crippen molar-refractivity contribution in [3.63, 3.8) is 0 Å². The van der Waals surface area contributed by atoms with Gasteiger partial charge in [0.25, 0.3) is 0 Å². The highest BCUT2D eigenvalue weighted by molar-refractivity contribution is 6.31. The molecule has 1 aromatic carbocycles. The Hall–Kier alpha value is -1.48. The molecule has 16 heavy (non-hydrogen) atoms. The molecule has 0 spiro atoms. The van der Waals surface area contributed by atoms with Crippen LogP contribution in [0.25, 0.3) is 11.0 Å². The van der Waals surface area contributed by atoms with Crippen molar-refractivity contribution >= 4 is 28.5 Å². The standard InChI is InChI=1S/C12H11ClO3/c1-2-3-8-9-6-7(13)4-5-10(9)16-11(8)12(14)15/h4-6H,2-3H2,1H3,(H,14,15). The molecule has 0 atom stereocenters. The summed E-state index contributed by atoms with van der Waals surface area (Å²) < 4.78 is 5.31. The zero-order valence-corrected chi connectivity index (χ0v) is 9.54. The van der Waals surface area contributed by atoms with E-state index in [4.69, 9.17) is 21.1 Å². The first kappa shape index (κ1) is 11.0. The normalized spacial score (nSPS) is 10.9. The van der Waals surface area contributed by atoms with Crippen molar-refractivity contribution in [3.05, 3.63) is 34.5 Å². The molecule has 0 aliphatic rings. The number of fused-ring (bicyclic) bond motifs is 1. The van der Waals surface area contributed by atoms with E-state index in [9.17, 15) is 4.79 Å². The van der Waals surface area contributed by atoms with Crippen LogP contribution in [0.4, 0.5) is 0 Å². The van der Waals surface area contributed by atoms with E-state index in [-0.39, 0.29) is 5.76 Å². The molecule has 0 amide bonds. The van der Waals surface area contributed by atoms with E-state index in [2.05, 4.69) is 0 Å². The van der Waals surface area contributed by atoms with Crippen molar-refractivity contribution in [1.82, 2.24) is 0 Å². The Labute approximate surface area is 97.6 Å². The number of furan rings is 1. The molecule has 3 nitrogen and oxygen atoms in total. The Bertz CT molecular complexity index is 542. The highest BCUT2D eigenvalue weighted by Gasteiger charge is 2.19. The highest BCUT2D eigenvalue weighted by Crippen LogP contribution is 2.29. The smallest absolute Gasteiger partial charge is 0.372 e. The number of hydrogen-bond acceptors (Lipinski definition) is 2. The Morgan fingerprint density at radius 2 is 2.25 bits per heavy atom. The van der Waals surface area contributed by atoms with Gasteiger partial charge >= 0.3 is 5.97 Å². The number of benzene rings is 1. The average Bonchev–Trinajstić information content (AvgIpc) is 2.58. The molecule has 0 saturated heterocycles. The van der Waals surface area contributed by atoms with Crippen molar-refractivity contribution in [2.24, 2.45) is 0 Å². The maximum Gasteiger partial charge on any atom is 0.372 e. The molecule has 1 aromatic heterocycles. The van der Waals surface area contributed by atoms with Gasteiger partial charge in [0.1, 0.15) is 5.58 Å². The van der Waals surface area contributed by atoms with Gasteiger partial charge in [-0.1, -0.05) is 24.9 Å². The number of rotatable bonds is 3. The summed E-state index contributed by atoms with van der Waals surface area (Å²) in [6, 6.07) is 5.13. The zero-order chi connectivity index (χ0) is 11.7. The molecular formula is C12H11ClO3. The van der Waals surface area contributed by atoms with E-state index in [1.165, 1.54) is 0 Å². The molecule has 0 unspecified atom stereocenters. The topological polar surface area (TPSA) is 50.4 Å². The number of carbonyl (C=O) groups is 1. The van der Waals surface area contributed by atoms with Gasteiger partial charge in [-0.2, -0.15) is 0 Å². The summed E-state index contributed by atoms with van der Waals surface area (Å²) in [5, 5.41) is 10.4. The Morgan fingerprint density at radius 1 is 1.50 bits per heavy atom. The van der Waals surface area contributed by atoms with Crippen LogP contribution in [0.15, 0.2) is 22.6 Å². The predicted octanol–water partition coefficient (Wildman–Crippen LogP) is 3.74. The summed E-state index contributed by atoms with van der Waals surface area (Å²) in [6.07, 6.45) is 1.54. The molecule has 0 aliphatic heterocycles. The largest absolute Gasteiger partial charge is 0.475 e. The number of carboxylic acids is 1. The zero-order valence-electron chi connectivity index (χ0n) is 8.79. The van der Waals surface area contributed by atoms with Crippen molar-refractivity contribution in [1.29, 1.82) is 0 Å². The first-order valence-electron chi connectivity index (χ1n) is 5.07. The van der Waals surface area contributed by atoms with Gasteiger partial charge in [-0.05, 0) is 24.6 Å². The molecular weight excluding hydrogens is 228 g/mol. The molecule has 1 heterocycles. The highest BCUT2D eigenvalue weighted by atomic mass is 35.5. The second kappa shape index (κ2) is 4.18. The lowest BCUT2D eigenvalue weighted by molar-refractivity contribution is 0.0663. The third-order valence-corrected chi connectivity index (χ3v) is 2.68. The van der Waals surface area contributed by atoms with E-state index >= 15 is 0 Å².